The number of benzene rings is 1. The van der Waals surface area contributed by atoms with E-state index in [2.05, 4.69) is 11.3 Å². The average molecular weight is 318 g/mol. The largest absolute Gasteiger partial charge is 0.469 e. The Bertz CT molecular complexity index is 607. The van der Waals surface area contributed by atoms with Crippen LogP contribution < -0.4 is 0 Å². The minimum Gasteiger partial charge on any atom is -0.469 e. The summed E-state index contributed by atoms with van der Waals surface area (Å²) in [6, 6.07) is 5.83. The second-order valence-electron chi connectivity index (χ2n) is 4.58. The van der Waals surface area contributed by atoms with Crippen molar-refractivity contribution < 1.29 is 19.2 Å². The monoisotopic (exact) mass is 318 g/mol. The van der Waals surface area contributed by atoms with Crippen molar-refractivity contribution in [1.29, 1.82) is 0 Å². The van der Waals surface area contributed by atoms with E-state index in [0.717, 1.165) is 0 Å². The molecule has 0 atom stereocenters. The number of nitro benzene ring substituents is 1. The molecule has 1 rings (SSSR count). The summed E-state index contributed by atoms with van der Waals surface area (Å²) >= 11 is 0. The summed E-state index contributed by atoms with van der Waals surface area (Å²) in [5.74, 6) is -0.682. The van der Waals surface area contributed by atoms with E-state index in [0.29, 0.717) is 12.1 Å². The zero-order valence-corrected chi connectivity index (χ0v) is 12.8. The van der Waals surface area contributed by atoms with E-state index in [9.17, 15) is 19.7 Å². The number of esters is 1. The van der Waals surface area contributed by atoms with Crippen LogP contribution in [0.1, 0.15) is 12.0 Å². The van der Waals surface area contributed by atoms with Crippen LogP contribution in [0, 0.1) is 10.1 Å². The first-order chi connectivity index (χ1) is 11.0. The van der Waals surface area contributed by atoms with E-state index < -0.39 is 10.9 Å². The normalized spacial score (nSPS) is 10.3. The van der Waals surface area contributed by atoms with Crippen LogP contribution >= 0.6 is 0 Å². The molecule has 0 aliphatic rings. The third-order valence-electron chi connectivity index (χ3n) is 3.00. The predicted octanol–water partition coefficient (Wildman–Crippen LogP) is 2.19. The Kier molecular flexibility index (Phi) is 7.19. The molecule has 0 fully saturated rings. The lowest BCUT2D eigenvalue weighted by Gasteiger charge is -2.18. The molecule has 0 unspecified atom stereocenters. The second kappa shape index (κ2) is 9.14. The summed E-state index contributed by atoms with van der Waals surface area (Å²) in [5, 5.41) is 10.6. The Hall–Kier alpha value is -2.96. The highest BCUT2D eigenvalue weighted by Gasteiger charge is 2.11. The van der Waals surface area contributed by atoms with Crippen LogP contribution in [0.25, 0.3) is 6.08 Å². The van der Waals surface area contributed by atoms with Gasteiger partial charge in [-0.3, -0.25) is 19.7 Å². The highest BCUT2D eigenvalue weighted by molar-refractivity contribution is 5.92. The maximum atomic E-state index is 12.1. The Morgan fingerprint density at radius 1 is 1.35 bits per heavy atom. The van der Waals surface area contributed by atoms with Gasteiger partial charge in [-0.05, 0) is 23.8 Å². The topological polar surface area (TPSA) is 89.8 Å². The first-order valence-electron chi connectivity index (χ1n) is 6.87. The smallest absolute Gasteiger partial charge is 0.307 e. The van der Waals surface area contributed by atoms with Crippen molar-refractivity contribution in [2.45, 2.75) is 6.42 Å². The lowest BCUT2D eigenvalue weighted by molar-refractivity contribution is -0.384. The predicted molar refractivity (Wildman–Crippen MR) is 85.5 cm³/mol. The molecule has 0 heterocycles. The van der Waals surface area contributed by atoms with Gasteiger partial charge in [0.1, 0.15) is 0 Å². The number of nitro groups is 1. The lowest BCUT2D eigenvalue weighted by atomic mass is 10.2. The van der Waals surface area contributed by atoms with Crippen LogP contribution in [0.3, 0.4) is 0 Å². The van der Waals surface area contributed by atoms with Crippen LogP contribution in [0.2, 0.25) is 0 Å². The highest BCUT2D eigenvalue weighted by atomic mass is 16.6. The number of ether oxygens (including phenoxy) is 1. The molecular weight excluding hydrogens is 300 g/mol. The zero-order chi connectivity index (χ0) is 17.2. The maximum Gasteiger partial charge on any atom is 0.307 e. The Labute approximate surface area is 134 Å². The number of nitrogens with zero attached hydrogens (tertiary/aromatic N) is 2. The molecule has 0 aliphatic heterocycles. The quantitative estimate of drug-likeness (QED) is 0.241. The van der Waals surface area contributed by atoms with Gasteiger partial charge in [0.2, 0.25) is 5.91 Å². The summed E-state index contributed by atoms with van der Waals surface area (Å²) in [7, 11) is 1.29. The van der Waals surface area contributed by atoms with E-state index >= 15 is 0 Å². The standard InChI is InChI=1S/C16H18N2O5/c1-3-11-17(12-10-16(20)23-2)15(19)9-6-13-4-7-14(8-5-13)18(21)22/h3-9H,1,10-12H2,2H3/b9-6+. The van der Waals surface area contributed by atoms with Crippen molar-refractivity contribution >= 4 is 23.6 Å². The third kappa shape index (κ3) is 6.13. The molecule has 1 aromatic carbocycles. The minimum absolute atomic E-state index is 0.0140. The number of amides is 1. The summed E-state index contributed by atoms with van der Waals surface area (Å²) < 4.78 is 4.54. The van der Waals surface area contributed by atoms with E-state index in [4.69, 9.17) is 0 Å². The van der Waals surface area contributed by atoms with Crippen LogP contribution in [0.5, 0.6) is 0 Å². The number of carbonyl (C=O) groups is 2. The SMILES string of the molecule is C=CCN(CCC(=O)OC)C(=O)/C=C/c1ccc([N+](=O)[O-])cc1. The Morgan fingerprint density at radius 3 is 2.52 bits per heavy atom. The van der Waals surface area contributed by atoms with Crippen LogP contribution in [-0.2, 0) is 14.3 Å². The first-order valence-corrected chi connectivity index (χ1v) is 6.87. The number of non-ortho nitro benzene ring substituents is 1. The number of hydrogen-bond donors (Lipinski definition) is 0. The fraction of sp³-hybridized carbons (Fsp3) is 0.250. The molecule has 1 aromatic rings. The van der Waals surface area contributed by atoms with Crippen molar-refractivity contribution in [2.75, 3.05) is 20.2 Å². The molecule has 0 radical (unpaired) electrons. The number of rotatable bonds is 8. The van der Waals surface area contributed by atoms with Gasteiger partial charge in [-0.15, -0.1) is 6.58 Å². The van der Waals surface area contributed by atoms with Gasteiger partial charge in [-0.25, -0.2) is 0 Å². The van der Waals surface area contributed by atoms with Gasteiger partial charge in [0.05, 0.1) is 18.5 Å². The van der Waals surface area contributed by atoms with E-state index in [1.165, 1.54) is 30.2 Å². The van der Waals surface area contributed by atoms with Crippen LogP contribution in [0.4, 0.5) is 5.69 Å². The van der Waals surface area contributed by atoms with Gasteiger partial charge in [-0.1, -0.05) is 6.08 Å². The molecule has 1 amide bonds. The van der Waals surface area contributed by atoms with Crippen molar-refractivity contribution in [3.8, 4) is 0 Å². The van der Waals surface area contributed by atoms with Gasteiger partial charge in [0.15, 0.2) is 0 Å². The molecule has 0 bridgehead atoms. The summed E-state index contributed by atoms with van der Waals surface area (Å²) in [5.41, 5.74) is 0.648. The van der Waals surface area contributed by atoms with E-state index in [1.807, 2.05) is 0 Å². The Balaban J connectivity index is 2.70. The third-order valence-corrected chi connectivity index (χ3v) is 3.00. The molecular formula is C16H18N2O5. The fourth-order valence-electron chi connectivity index (χ4n) is 1.76. The maximum absolute atomic E-state index is 12.1. The molecule has 0 spiro atoms. The average Bonchev–Trinajstić information content (AvgIpc) is 2.56. The summed E-state index contributed by atoms with van der Waals surface area (Å²) in [4.78, 5) is 34.8. The molecule has 7 nitrogen and oxygen atoms in total. The molecule has 0 saturated carbocycles. The summed E-state index contributed by atoms with van der Waals surface area (Å²) in [6.45, 7) is 4.11. The number of methoxy groups -OCH3 is 1. The summed E-state index contributed by atoms with van der Waals surface area (Å²) in [6.07, 6.45) is 4.57. The van der Waals surface area contributed by atoms with Crippen molar-refractivity contribution in [1.82, 2.24) is 4.90 Å². The van der Waals surface area contributed by atoms with Gasteiger partial charge < -0.3 is 9.64 Å². The molecule has 0 aliphatic carbocycles. The van der Waals surface area contributed by atoms with Crippen molar-refractivity contribution in [3.63, 3.8) is 0 Å². The van der Waals surface area contributed by atoms with E-state index in [1.54, 1.807) is 24.3 Å². The molecule has 122 valence electrons. The van der Waals surface area contributed by atoms with Gasteiger partial charge in [0.25, 0.3) is 5.69 Å². The van der Waals surface area contributed by atoms with E-state index in [-0.39, 0.29) is 24.6 Å². The zero-order valence-electron chi connectivity index (χ0n) is 12.8. The van der Waals surface area contributed by atoms with Crippen LogP contribution in [0.15, 0.2) is 43.0 Å². The first kappa shape index (κ1) is 18.1. The number of carbonyl (C=O) groups excluding carboxylic acids is 2. The van der Waals surface area contributed by atoms with Crippen molar-refractivity contribution in [2.24, 2.45) is 0 Å². The van der Waals surface area contributed by atoms with Gasteiger partial charge in [0, 0.05) is 31.3 Å². The molecule has 0 aromatic heterocycles. The highest BCUT2D eigenvalue weighted by Crippen LogP contribution is 2.13. The molecule has 0 saturated heterocycles. The van der Waals surface area contributed by atoms with Crippen molar-refractivity contribution in [3.05, 3.63) is 58.7 Å². The van der Waals surface area contributed by atoms with Crippen LogP contribution in [-0.4, -0.2) is 41.9 Å². The minimum atomic E-state index is -0.489. The Morgan fingerprint density at radius 2 is 2.00 bits per heavy atom. The van der Waals surface area contributed by atoms with Gasteiger partial charge in [-0.2, -0.15) is 0 Å². The molecule has 23 heavy (non-hydrogen) atoms. The lowest BCUT2D eigenvalue weighted by Crippen LogP contribution is -2.32. The number of hydrogen-bond acceptors (Lipinski definition) is 5. The van der Waals surface area contributed by atoms with Gasteiger partial charge >= 0.3 is 5.97 Å². The second-order valence-corrected chi connectivity index (χ2v) is 4.58. The fourth-order valence-corrected chi connectivity index (χ4v) is 1.76. The molecule has 0 N–H and O–H groups in total. The molecule has 7 heteroatoms.